The van der Waals surface area contributed by atoms with Crippen molar-refractivity contribution in [2.45, 2.75) is 51.0 Å². The molecule has 0 unspecified atom stereocenters. The summed E-state index contributed by atoms with van der Waals surface area (Å²) in [5.74, 6) is 0.0435. The number of rotatable bonds is 3. The molecule has 2 aliphatic rings. The minimum atomic E-state index is 0.0435. The molecule has 1 aliphatic heterocycles. The SMILES string of the molecule is O=C(Cc1noc2ccccc12)NC1CCC2(CCOCC2)CC1. The zero-order valence-corrected chi connectivity index (χ0v) is 13.9. The Morgan fingerprint density at radius 1 is 1.17 bits per heavy atom. The molecule has 0 radical (unpaired) electrons. The molecule has 2 fully saturated rings. The first-order valence-corrected chi connectivity index (χ1v) is 8.95. The average molecular weight is 328 g/mol. The molecule has 1 aliphatic carbocycles. The Bertz CT molecular complexity index is 708. The van der Waals surface area contributed by atoms with Crippen LogP contribution in [0.5, 0.6) is 0 Å². The number of ether oxygens (including phenoxy) is 1. The van der Waals surface area contributed by atoms with E-state index >= 15 is 0 Å². The summed E-state index contributed by atoms with van der Waals surface area (Å²) in [5, 5.41) is 8.17. The van der Waals surface area contributed by atoms with Crippen LogP contribution >= 0.6 is 0 Å². The monoisotopic (exact) mass is 328 g/mol. The molecule has 1 saturated heterocycles. The van der Waals surface area contributed by atoms with Crippen molar-refractivity contribution < 1.29 is 14.1 Å². The highest BCUT2D eigenvalue weighted by molar-refractivity contribution is 5.86. The van der Waals surface area contributed by atoms with E-state index in [0.717, 1.165) is 42.7 Å². The van der Waals surface area contributed by atoms with Gasteiger partial charge >= 0.3 is 0 Å². The Morgan fingerprint density at radius 2 is 1.92 bits per heavy atom. The summed E-state index contributed by atoms with van der Waals surface area (Å²) in [6.45, 7) is 1.80. The first-order valence-electron chi connectivity index (χ1n) is 8.95. The fourth-order valence-electron chi connectivity index (χ4n) is 4.18. The molecule has 1 spiro atoms. The Hall–Kier alpha value is -1.88. The topological polar surface area (TPSA) is 64.4 Å². The Balaban J connectivity index is 1.32. The third-order valence-corrected chi connectivity index (χ3v) is 5.74. The number of nitrogens with one attached hydrogen (secondary N) is 1. The van der Waals surface area contributed by atoms with Gasteiger partial charge in [-0.25, -0.2) is 0 Å². The van der Waals surface area contributed by atoms with Gasteiger partial charge in [-0.3, -0.25) is 4.79 Å². The second kappa shape index (κ2) is 6.55. The summed E-state index contributed by atoms with van der Waals surface area (Å²) in [7, 11) is 0. The molecular weight excluding hydrogens is 304 g/mol. The number of para-hydroxylation sites is 1. The first-order chi connectivity index (χ1) is 11.7. The minimum absolute atomic E-state index is 0.0435. The summed E-state index contributed by atoms with van der Waals surface area (Å²) >= 11 is 0. The molecule has 4 rings (SSSR count). The minimum Gasteiger partial charge on any atom is -0.381 e. The molecule has 5 heteroatoms. The highest BCUT2D eigenvalue weighted by Gasteiger charge is 2.36. The Morgan fingerprint density at radius 3 is 2.71 bits per heavy atom. The van der Waals surface area contributed by atoms with E-state index in [-0.39, 0.29) is 12.3 Å². The lowest BCUT2D eigenvalue weighted by atomic mass is 9.68. The van der Waals surface area contributed by atoms with Crippen molar-refractivity contribution in [1.82, 2.24) is 10.5 Å². The molecule has 1 aromatic heterocycles. The van der Waals surface area contributed by atoms with Gasteiger partial charge in [0.2, 0.25) is 5.91 Å². The van der Waals surface area contributed by atoms with Crippen LogP contribution in [-0.2, 0) is 16.0 Å². The Kier molecular flexibility index (Phi) is 4.27. The Labute approximate surface area is 141 Å². The van der Waals surface area contributed by atoms with Crippen molar-refractivity contribution in [3.8, 4) is 0 Å². The summed E-state index contributed by atoms with van der Waals surface area (Å²) < 4.78 is 10.8. The van der Waals surface area contributed by atoms with Crippen molar-refractivity contribution in [3.05, 3.63) is 30.0 Å². The highest BCUT2D eigenvalue weighted by Crippen LogP contribution is 2.44. The number of fused-ring (bicyclic) bond motifs is 1. The number of aromatic nitrogens is 1. The van der Waals surface area contributed by atoms with E-state index in [0.29, 0.717) is 11.5 Å². The molecule has 5 nitrogen and oxygen atoms in total. The average Bonchev–Trinajstić information content (AvgIpc) is 3.01. The third-order valence-electron chi connectivity index (χ3n) is 5.74. The summed E-state index contributed by atoms with van der Waals surface area (Å²) in [4.78, 5) is 12.4. The van der Waals surface area contributed by atoms with Gasteiger partial charge in [-0.1, -0.05) is 17.3 Å². The maximum atomic E-state index is 12.4. The summed E-state index contributed by atoms with van der Waals surface area (Å²) in [5.41, 5.74) is 1.93. The van der Waals surface area contributed by atoms with Gasteiger partial charge in [0.25, 0.3) is 0 Å². The van der Waals surface area contributed by atoms with Crippen LogP contribution in [0.4, 0.5) is 0 Å². The van der Waals surface area contributed by atoms with Gasteiger partial charge in [0.15, 0.2) is 5.58 Å². The number of benzene rings is 1. The van der Waals surface area contributed by atoms with Crippen molar-refractivity contribution in [3.63, 3.8) is 0 Å². The van der Waals surface area contributed by atoms with Gasteiger partial charge < -0.3 is 14.6 Å². The quantitative estimate of drug-likeness (QED) is 0.939. The summed E-state index contributed by atoms with van der Waals surface area (Å²) in [6, 6.07) is 7.97. The predicted octanol–water partition coefficient (Wildman–Crippen LogP) is 3.23. The zero-order chi connectivity index (χ0) is 16.4. The maximum Gasteiger partial charge on any atom is 0.226 e. The van der Waals surface area contributed by atoms with Crippen LogP contribution in [0.3, 0.4) is 0 Å². The number of hydrogen-bond donors (Lipinski definition) is 1. The molecule has 1 saturated carbocycles. The molecule has 1 aromatic carbocycles. The van der Waals surface area contributed by atoms with Crippen LogP contribution in [-0.4, -0.2) is 30.3 Å². The van der Waals surface area contributed by atoms with Crippen LogP contribution in [0, 0.1) is 5.41 Å². The van der Waals surface area contributed by atoms with Gasteiger partial charge in [-0.15, -0.1) is 0 Å². The number of hydrogen-bond acceptors (Lipinski definition) is 4. The lowest BCUT2D eigenvalue weighted by molar-refractivity contribution is -0.121. The standard InChI is InChI=1S/C19H24N2O3/c22-18(13-16-15-3-1-2-4-17(15)24-21-16)20-14-5-7-19(8-6-14)9-11-23-12-10-19/h1-4,14H,5-13H2,(H,20,22). The number of nitrogens with zero attached hydrogens (tertiary/aromatic N) is 1. The van der Waals surface area contributed by atoms with Gasteiger partial charge in [0.05, 0.1) is 6.42 Å². The maximum absolute atomic E-state index is 12.4. The van der Waals surface area contributed by atoms with E-state index in [1.807, 2.05) is 24.3 Å². The van der Waals surface area contributed by atoms with Crippen LogP contribution in [0.1, 0.15) is 44.2 Å². The molecule has 1 N–H and O–H groups in total. The van der Waals surface area contributed by atoms with Gasteiger partial charge in [-0.2, -0.15) is 0 Å². The molecule has 2 aromatic rings. The second-order valence-electron chi connectivity index (χ2n) is 7.26. The van der Waals surface area contributed by atoms with E-state index in [1.165, 1.54) is 25.7 Å². The van der Waals surface area contributed by atoms with Gasteiger partial charge in [-0.05, 0) is 56.1 Å². The van der Waals surface area contributed by atoms with Crippen LogP contribution in [0.15, 0.2) is 28.8 Å². The van der Waals surface area contributed by atoms with Crippen LogP contribution in [0.2, 0.25) is 0 Å². The normalized spacial score (nSPS) is 21.2. The largest absolute Gasteiger partial charge is 0.381 e. The number of amides is 1. The number of carbonyl (C=O) groups is 1. The lowest BCUT2D eigenvalue weighted by Gasteiger charge is -2.42. The third kappa shape index (κ3) is 3.18. The van der Waals surface area contributed by atoms with Crippen molar-refractivity contribution >= 4 is 16.9 Å². The summed E-state index contributed by atoms with van der Waals surface area (Å²) in [6.07, 6.45) is 7.20. The smallest absolute Gasteiger partial charge is 0.226 e. The van der Waals surface area contributed by atoms with E-state index in [1.54, 1.807) is 0 Å². The van der Waals surface area contributed by atoms with Gasteiger partial charge in [0, 0.05) is 24.6 Å². The molecule has 24 heavy (non-hydrogen) atoms. The van der Waals surface area contributed by atoms with Crippen molar-refractivity contribution in [2.24, 2.45) is 5.41 Å². The van der Waals surface area contributed by atoms with E-state index in [4.69, 9.17) is 9.26 Å². The predicted molar refractivity (Wildman–Crippen MR) is 90.6 cm³/mol. The van der Waals surface area contributed by atoms with Crippen LogP contribution in [0.25, 0.3) is 11.0 Å². The van der Waals surface area contributed by atoms with E-state index < -0.39 is 0 Å². The first kappa shape index (κ1) is 15.6. The highest BCUT2D eigenvalue weighted by atomic mass is 16.5. The number of carbonyl (C=O) groups excluding carboxylic acids is 1. The fraction of sp³-hybridized carbons (Fsp3) is 0.579. The second-order valence-corrected chi connectivity index (χ2v) is 7.26. The molecule has 2 heterocycles. The van der Waals surface area contributed by atoms with E-state index in [2.05, 4.69) is 10.5 Å². The molecule has 128 valence electrons. The molecule has 0 bridgehead atoms. The zero-order valence-electron chi connectivity index (χ0n) is 13.9. The lowest BCUT2D eigenvalue weighted by Crippen LogP contribution is -2.42. The molecule has 0 atom stereocenters. The molecular formula is C19H24N2O3. The van der Waals surface area contributed by atoms with Crippen molar-refractivity contribution in [1.29, 1.82) is 0 Å². The van der Waals surface area contributed by atoms with Gasteiger partial charge in [0.1, 0.15) is 5.69 Å². The fourth-order valence-corrected chi connectivity index (χ4v) is 4.18. The van der Waals surface area contributed by atoms with E-state index in [9.17, 15) is 4.79 Å². The van der Waals surface area contributed by atoms with Crippen LogP contribution < -0.4 is 5.32 Å². The molecule has 1 amide bonds. The van der Waals surface area contributed by atoms with Crippen molar-refractivity contribution in [2.75, 3.05) is 13.2 Å².